The molecule has 1 aromatic carbocycles. The molecular formula is C13H13FN4O3. The molecule has 0 aliphatic rings. The topological polar surface area (TPSA) is 96.1 Å². The second kappa shape index (κ2) is 6.51. The van der Waals surface area contributed by atoms with Crippen molar-refractivity contribution in [2.75, 3.05) is 0 Å². The van der Waals surface area contributed by atoms with Crippen molar-refractivity contribution in [2.24, 2.45) is 0 Å². The van der Waals surface area contributed by atoms with Crippen LogP contribution in [0.2, 0.25) is 0 Å². The van der Waals surface area contributed by atoms with Gasteiger partial charge in [-0.1, -0.05) is 12.1 Å². The molecule has 2 rings (SSSR count). The molecule has 0 saturated carbocycles. The van der Waals surface area contributed by atoms with Gasteiger partial charge in [0.05, 0.1) is 0 Å². The van der Waals surface area contributed by atoms with Crippen LogP contribution < -0.4 is 15.6 Å². The van der Waals surface area contributed by atoms with Gasteiger partial charge in [-0.05, 0) is 25.1 Å². The van der Waals surface area contributed by atoms with Gasteiger partial charge in [-0.3, -0.25) is 25.5 Å². The third-order valence-corrected chi connectivity index (χ3v) is 2.55. The first-order valence-electron chi connectivity index (χ1n) is 6.08. The first-order valence-corrected chi connectivity index (χ1v) is 6.08. The minimum absolute atomic E-state index is 0.0416. The predicted molar refractivity (Wildman–Crippen MR) is 70.7 cm³/mol. The average molecular weight is 292 g/mol. The number of amides is 2. The number of ether oxygens (including phenoxy) is 1. The molecule has 0 spiro atoms. The summed E-state index contributed by atoms with van der Waals surface area (Å²) in [5.74, 6) is -1.79. The number of carbonyl (C=O) groups is 2. The summed E-state index contributed by atoms with van der Waals surface area (Å²) < 4.78 is 18.5. The maximum Gasteiger partial charge on any atom is 0.287 e. The Morgan fingerprint density at radius 3 is 2.71 bits per heavy atom. The van der Waals surface area contributed by atoms with E-state index in [1.54, 1.807) is 6.07 Å². The summed E-state index contributed by atoms with van der Waals surface area (Å²) in [4.78, 5) is 23.3. The predicted octanol–water partition coefficient (Wildman–Crippen LogP) is 0.777. The van der Waals surface area contributed by atoms with E-state index < -0.39 is 23.7 Å². The number of hydrazine groups is 1. The van der Waals surface area contributed by atoms with Crippen LogP contribution in [-0.2, 0) is 4.79 Å². The Morgan fingerprint density at radius 2 is 2.05 bits per heavy atom. The van der Waals surface area contributed by atoms with Gasteiger partial charge < -0.3 is 4.74 Å². The molecule has 3 N–H and O–H groups in total. The van der Waals surface area contributed by atoms with Gasteiger partial charge in [0.2, 0.25) is 0 Å². The summed E-state index contributed by atoms with van der Waals surface area (Å²) in [5.41, 5.74) is 4.55. The number of nitrogens with one attached hydrogen (secondary N) is 3. The zero-order chi connectivity index (χ0) is 15.2. The Kier molecular flexibility index (Phi) is 4.50. The van der Waals surface area contributed by atoms with Crippen LogP contribution >= 0.6 is 0 Å². The summed E-state index contributed by atoms with van der Waals surface area (Å²) in [6.45, 7) is 1.43. The molecule has 110 valence electrons. The lowest BCUT2D eigenvalue weighted by Crippen LogP contribution is -2.47. The first-order chi connectivity index (χ1) is 10.1. The van der Waals surface area contributed by atoms with Gasteiger partial charge in [-0.25, -0.2) is 4.39 Å². The zero-order valence-electron chi connectivity index (χ0n) is 11.1. The number of nitrogens with zero attached hydrogens (tertiary/aromatic N) is 1. The summed E-state index contributed by atoms with van der Waals surface area (Å²) in [7, 11) is 0. The number of hydrogen-bond acceptors (Lipinski definition) is 4. The maximum absolute atomic E-state index is 13.4. The van der Waals surface area contributed by atoms with Crippen LogP contribution in [0.1, 0.15) is 17.4 Å². The Balaban J connectivity index is 1.86. The summed E-state index contributed by atoms with van der Waals surface area (Å²) >= 11 is 0. The van der Waals surface area contributed by atoms with E-state index in [2.05, 4.69) is 21.0 Å². The highest BCUT2D eigenvalue weighted by molar-refractivity contribution is 5.93. The number of aromatic nitrogens is 2. The lowest BCUT2D eigenvalue weighted by atomic mass is 10.3. The Morgan fingerprint density at radius 1 is 1.29 bits per heavy atom. The second-order valence-corrected chi connectivity index (χ2v) is 4.10. The lowest BCUT2D eigenvalue weighted by Gasteiger charge is -2.15. The second-order valence-electron chi connectivity index (χ2n) is 4.10. The molecule has 0 aliphatic carbocycles. The van der Waals surface area contributed by atoms with E-state index in [0.717, 1.165) is 0 Å². The minimum Gasteiger partial charge on any atom is -0.478 e. The summed E-state index contributed by atoms with van der Waals surface area (Å²) in [5, 5.41) is 6.05. The Labute approximate surface area is 119 Å². The largest absolute Gasteiger partial charge is 0.478 e. The quantitative estimate of drug-likeness (QED) is 0.725. The van der Waals surface area contributed by atoms with Gasteiger partial charge >= 0.3 is 0 Å². The van der Waals surface area contributed by atoms with E-state index >= 15 is 0 Å². The third-order valence-electron chi connectivity index (χ3n) is 2.55. The maximum atomic E-state index is 13.4. The van der Waals surface area contributed by atoms with E-state index in [9.17, 15) is 14.0 Å². The molecule has 0 fully saturated rings. The van der Waals surface area contributed by atoms with Gasteiger partial charge in [-0.2, -0.15) is 5.10 Å². The van der Waals surface area contributed by atoms with Crippen LogP contribution in [0.25, 0.3) is 0 Å². The number of rotatable bonds is 4. The molecule has 1 aromatic heterocycles. The molecule has 0 radical (unpaired) electrons. The van der Waals surface area contributed by atoms with Gasteiger partial charge in [0.1, 0.15) is 5.69 Å². The van der Waals surface area contributed by atoms with Crippen molar-refractivity contribution in [2.45, 2.75) is 13.0 Å². The molecule has 0 aliphatic heterocycles. The molecule has 1 heterocycles. The van der Waals surface area contributed by atoms with E-state index in [-0.39, 0.29) is 11.4 Å². The fraction of sp³-hybridized carbons (Fsp3) is 0.154. The van der Waals surface area contributed by atoms with Crippen molar-refractivity contribution < 1.29 is 18.7 Å². The van der Waals surface area contributed by atoms with Crippen LogP contribution in [0.15, 0.2) is 36.5 Å². The fourth-order valence-corrected chi connectivity index (χ4v) is 1.45. The van der Waals surface area contributed by atoms with Crippen LogP contribution in [0.3, 0.4) is 0 Å². The molecule has 1 unspecified atom stereocenters. The van der Waals surface area contributed by atoms with E-state index in [1.807, 2.05) is 0 Å². The summed E-state index contributed by atoms with van der Waals surface area (Å²) in [6, 6.07) is 7.17. The first kappa shape index (κ1) is 14.5. The molecule has 2 aromatic rings. The van der Waals surface area contributed by atoms with E-state index in [4.69, 9.17) is 4.74 Å². The molecule has 7 nitrogen and oxygen atoms in total. The molecule has 21 heavy (non-hydrogen) atoms. The highest BCUT2D eigenvalue weighted by Gasteiger charge is 2.17. The van der Waals surface area contributed by atoms with E-state index in [0.29, 0.717) is 0 Å². The number of carbonyl (C=O) groups excluding carboxylic acids is 2. The number of benzene rings is 1. The lowest BCUT2D eigenvalue weighted by molar-refractivity contribution is -0.128. The number of para-hydroxylation sites is 1. The number of hydrogen-bond donors (Lipinski definition) is 3. The molecule has 2 amide bonds. The monoisotopic (exact) mass is 292 g/mol. The number of H-pyrrole nitrogens is 1. The van der Waals surface area contributed by atoms with Crippen molar-refractivity contribution in [3.8, 4) is 5.75 Å². The normalized spacial score (nSPS) is 11.5. The van der Waals surface area contributed by atoms with Gasteiger partial charge in [-0.15, -0.1) is 0 Å². The zero-order valence-corrected chi connectivity index (χ0v) is 11.1. The van der Waals surface area contributed by atoms with Crippen molar-refractivity contribution in [3.63, 3.8) is 0 Å². The smallest absolute Gasteiger partial charge is 0.287 e. The third kappa shape index (κ3) is 3.78. The van der Waals surface area contributed by atoms with Crippen molar-refractivity contribution in [1.29, 1.82) is 0 Å². The SMILES string of the molecule is CC(Oc1ccccc1F)C(=O)NNC(=O)c1ccn[nH]1. The Hall–Kier alpha value is -2.90. The van der Waals surface area contributed by atoms with Crippen LogP contribution in [0, 0.1) is 5.82 Å². The van der Waals surface area contributed by atoms with Gasteiger partial charge in [0.25, 0.3) is 11.8 Å². The highest BCUT2D eigenvalue weighted by Crippen LogP contribution is 2.16. The van der Waals surface area contributed by atoms with Gasteiger partial charge in [0, 0.05) is 6.20 Å². The highest BCUT2D eigenvalue weighted by atomic mass is 19.1. The minimum atomic E-state index is -0.982. The number of halogens is 1. The van der Waals surface area contributed by atoms with E-state index in [1.165, 1.54) is 37.4 Å². The molecule has 0 saturated heterocycles. The molecule has 0 bridgehead atoms. The summed E-state index contributed by atoms with van der Waals surface area (Å²) in [6.07, 6.45) is 0.421. The molecule has 8 heteroatoms. The molecular weight excluding hydrogens is 279 g/mol. The Bertz CT molecular complexity index is 630. The van der Waals surface area contributed by atoms with Crippen molar-refractivity contribution >= 4 is 11.8 Å². The van der Waals surface area contributed by atoms with Crippen molar-refractivity contribution in [1.82, 2.24) is 21.0 Å². The standard InChI is InChI=1S/C13H13FN4O3/c1-8(21-11-5-3-2-4-9(11)14)12(19)17-18-13(20)10-6-7-15-16-10/h2-8H,1H3,(H,15,16)(H,17,19)(H,18,20). The number of aromatic amines is 1. The van der Waals surface area contributed by atoms with Gasteiger partial charge in [0.15, 0.2) is 17.7 Å². The molecule has 1 atom stereocenters. The van der Waals surface area contributed by atoms with Crippen LogP contribution in [0.4, 0.5) is 4.39 Å². The van der Waals surface area contributed by atoms with Crippen LogP contribution in [0.5, 0.6) is 5.75 Å². The fourth-order valence-electron chi connectivity index (χ4n) is 1.45. The average Bonchev–Trinajstić information content (AvgIpc) is 3.01. The van der Waals surface area contributed by atoms with Crippen LogP contribution in [-0.4, -0.2) is 28.1 Å². The van der Waals surface area contributed by atoms with Crippen molar-refractivity contribution in [3.05, 3.63) is 48.0 Å².